The molecule has 0 bridgehead atoms. The minimum atomic E-state index is 0.597. The topological polar surface area (TPSA) is 38.4 Å². The fourth-order valence-electron chi connectivity index (χ4n) is 2.25. The first kappa shape index (κ1) is 13.0. The van der Waals surface area contributed by atoms with E-state index in [0.717, 1.165) is 27.2 Å². The predicted molar refractivity (Wildman–Crippen MR) is 91.0 cm³/mol. The van der Waals surface area contributed by atoms with Gasteiger partial charge in [-0.15, -0.1) is 11.3 Å². The molecule has 0 atom stereocenters. The van der Waals surface area contributed by atoms with Gasteiger partial charge < -0.3 is 4.42 Å². The summed E-state index contributed by atoms with van der Waals surface area (Å²) in [6.45, 7) is 0. The number of thiophene rings is 1. The van der Waals surface area contributed by atoms with E-state index in [1.807, 2.05) is 72.3 Å². The zero-order valence-corrected chi connectivity index (χ0v) is 12.5. The molecule has 4 rings (SSSR count). The molecule has 2 heterocycles. The number of hydrogen-bond donors (Lipinski definition) is 0. The summed E-state index contributed by atoms with van der Waals surface area (Å²) in [6, 6.07) is 19.7. The van der Waals surface area contributed by atoms with Gasteiger partial charge in [-0.1, -0.05) is 30.3 Å². The standard InChI is InChI=1S/C18H12N2OS/c1-2-8-15(19-12-13-6-5-11-22-13)14(7-1)18-20-16-9-3-4-10-17(16)21-18/h1-12H. The second-order valence-corrected chi connectivity index (χ2v) is 5.76. The van der Waals surface area contributed by atoms with Gasteiger partial charge in [-0.25, -0.2) is 4.98 Å². The molecule has 0 fully saturated rings. The van der Waals surface area contributed by atoms with E-state index in [9.17, 15) is 0 Å². The lowest BCUT2D eigenvalue weighted by Crippen LogP contribution is -1.80. The summed E-state index contributed by atoms with van der Waals surface area (Å²) in [6.07, 6.45) is 1.87. The molecule has 3 nitrogen and oxygen atoms in total. The van der Waals surface area contributed by atoms with E-state index in [-0.39, 0.29) is 0 Å². The summed E-state index contributed by atoms with van der Waals surface area (Å²) in [5, 5.41) is 2.04. The second kappa shape index (κ2) is 5.58. The smallest absolute Gasteiger partial charge is 0.229 e. The van der Waals surface area contributed by atoms with Crippen molar-refractivity contribution in [2.24, 2.45) is 4.99 Å². The van der Waals surface area contributed by atoms with Gasteiger partial charge in [-0.3, -0.25) is 4.99 Å². The maximum absolute atomic E-state index is 5.85. The maximum Gasteiger partial charge on any atom is 0.229 e. The highest BCUT2D eigenvalue weighted by molar-refractivity contribution is 7.11. The number of nitrogens with zero attached hydrogens (tertiary/aromatic N) is 2. The van der Waals surface area contributed by atoms with Crippen LogP contribution in [-0.4, -0.2) is 11.2 Å². The number of aromatic nitrogens is 1. The van der Waals surface area contributed by atoms with Crippen LogP contribution in [0.4, 0.5) is 5.69 Å². The van der Waals surface area contributed by atoms with Crippen molar-refractivity contribution in [2.75, 3.05) is 0 Å². The summed E-state index contributed by atoms with van der Waals surface area (Å²) >= 11 is 1.66. The van der Waals surface area contributed by atoms with E-state index >= 15 is 0 Å². The van der Waals surface area contributed by atoms with Crippen LogP contribution in [0.5, 0.6) is 0 Å². The Kier molecular flexibility index (Phi) is 3.29. The number of aliphatic imine (C=N–C) groups is 1. The number of fused-ring (bicyclic) bond motifs is 1. The molecule has 4 aromatic rings. The van der Waals surface area contributed by atoms with Crippen LogP contribution in [0.3, 0.4) is 0 Å². The molecule has 0 radical (unpaired) electrons. The van der Waals surface area contributed by atoms with Crippen LogP contribution < -0.4 is 0 Å². The Morgan fingerprint density at radius 3 is 2.68 bits per heavy atom. The van der Waals surface area contributed by atoms with Crippen LogP contribution in [-0.2, 0) is 0 Å². The van der Waals surface area contributed by atoms with E-state index in [2.05, 4.69) is 9.98 Å². The Morgan fingerprint density at radius 1 is 0.955 bits per heavy atom. The molecule has 0 aliphatic heterocycles. The predicted octanol–water partition coefficient (Wildman–Crippen LogP) is 5.31. The third-order valence-corrected chi connectivity index (χ3v) is 4.11. The normalized spacial score (nSPS) is 11.5. The van der Waals surface area contributed by atoms with Gasteiger partial charge >= 0.3 is 0 Å². The zero-order valence-electron chi connectivity index (χ0n) is 11.6. The number of para-hydroxylation sites is 3. The molecule has 0 N–H and O–H groups in total. The fourth-order valence-corrected chi connectivity index (χ4v) is 2.84. The largest absolute Gasteiger partial charge is 0.436 e. The highest BCUT2D eigenvalue weighted by Crippen LogP contribution is 2.31. The fraction of sp³-hybridized carbons (Fsp3) is 0. The minimum absolute atomic E-state index is 0.597. The monoisotopic (exact) mass is 304 g/mol. The highest BCUT2D eigenvalue weighted by atomic mass is 32.1. The van der Waals surface area contributed by atoms with E-state index in [1.165, 1.54) is 0 Å². The average molecular weight is 304 g/mol. The van der Waals surface area contributed by atoms with Crippen molar-refractivity contribution < 1.29 is 4.42 Å². The lowest BCUT2D eigenvalue weighted by Gasteiger charge is -2.00. The molecular formula is C18H12N2OS. The van der Waals surface area contributed by atoms with Crippen molar-refractivity contribution in [3.63, 3.8) is 0 Å². The third-order valence-electron chi connectivity index (χ3n) is 3.30. The molecule has 0 saturated carbocycles. The first-order valence-corrected chi connectivity index (χ1v) is 7.81. The van der Waals surface area contributed by atoms with Crippen LogP contribution in [0.1, 0.15) is 4.88 Å². The molecule has 0 aliphatic carbocycles. The quantitative estimate of drug-likeness (QED) is 0.481. The molecule has 106 valence electrons. The molecule has 0 saturated heterocycles. The second-order valence-electron chi connectivity index (χ2n) is 4.78. The first-order chi connectivity index (χ1) is 10.9. The summed E-state index contributed by atoms with van der Waals surface area (Å²) in [4.78, 5) is 10.2. The Balaban J connectivity index is 1.78. The lowest BCUT2D eigenvalue weighted by molar-refractivity contribution is 0.620. The molecule has 0 aliphatic rings. The Bertz CT molecular complexity index is 906. The van der Waals surface area contributed by atoms with Crippen LogP contribution >= 0.6 is 11.3 Å². The zero-order chi connectivity index (χ0) is 14.8. The van der Waals surface area contributed by atoms with E-state index in [1.54, 1.807) is 11.3 Å². The SMILES string of the molecule is C(=Nc1ccccc1-c1nc2ccccc2o1)c1cccs1. The average Bonchev–Trinajstić information content (AvgIpc) is 3.22. The van der Waals surface area contributed by atoms with Crippen molar-refractivity contribution in [3.8, 4) is 11.5 Å². The Morgan fingerprint density at radius 2 is 1.82 bits per heavy atom. The molecule has 0 unspecified atom stereocenters. The van der Waals surface area contributed by atoms with Gasteiger partial charge in [-0.05, 0) is 35.7 Å². The first-order valence-electron chi connectivity index (χ1n) is 6.93. The van der Waals surface area contributed by atoms with Gasteiger partial charge in [-0.2, -0.15) is 0 Å². The summed E-state index contributed by atoms with van der Waals surface area (Å²) in [5.41, 5.74) is 3.39. The van der Waals surface area contributed by atoms with Crippen molar-refractivity contribution in [1.29, 1.82) is 0 Å². The van der Waals surface area contributed by atoms with Crippen LogP contribution in [0, 0.1) is 0 Å². The maximum atomic E-state index is 5.85. The van der Waals surface area contributed by atoms with Crippen LogP contribution in [0.15, 0.2) is 75.5 Å². The summed E-state index contributed by atoms with van der Waals surface area (Å²) in [7, 11) is 0. The van der Waals surface area contributed by atoms with Crippen LogP contribution in [0.2, 0.25) is 0 Å². The number of hydrogen-bond acceptors (Lipinski definition) is 4. The number of oxazole rings is 1. The van der Waals surface area contributed by atoms with Crippen LogP contribution in [0.25, 0.3) is 22.6 Å². The van der Waals surface area contributed by atoms with E-state index < -0.39 is 0 Å². The van der Waals surface area contributed by atoms with Crippen molar-refractivity contribution >= 4 is 34.3 Å². The van der Waals surface area contributed by atoms with Crippen molar-refractivity contribution in [1.82, 2.24) is 4.98 Å². The Labute approximate surface area is 131 Å². The van der Waals surface area contributed by atoms with Gasteiger partial charge in [0.05, 0.1) is 11.3 Å². The minimum Gasteiger partial charge on any atom is -0.436 e. The van der Waals surface area contributed by atoms with Gasteiger partial charge in [0.15, 0.2) is 5.58 Å². The summed E-state index contributed by atoms with van der Waals surface area (Å²) < 4.78 is 5.85. The Hall–Kier alpha value is -2.72. The third kappa shape index (κ3) is 2.44. The molecule has 0 amide bonds. The van der Waals surface area contributed by atoms with Gasteiger partial charge in [0.1, 0.15) is 5.52 Å². The molecule has 22 heavy (non-hydrogen) atoms. The molecule has 4 heteroatoms. The van der Waals surface area contributed by atoms with E-state index in [0.29, 0.717) is 5.89 Å². The lowest BCUT2D eigenvalue weighted by atomic mass is 10.2. The number of rotatable bonds is 3. The molecule has 2 aromatic carbocycles. The summed E-state index contributed by atoms with van der Waals surface area (Å²) in [5.74, 6) is 0.597. The van der Waals surface area contributed by atoms with E-state index in [4.69, 9.17) is 4.42 Å². The molecule has 2 aromatic heterocycles. The molecular weight excluding hydrogens is 292 g/mol. The van der Waals surface area contributed by atoms with Gasteiger partial charge in [0.2, 0.25) is 5.89 Å². The van der Waals surface area contributed by atoms with Crippen molar-refractivity contribution in [3.05, 3.63) is 70.9 Å². The van der Waals surface area contributed by atoms with Gasteiger partial charge in [0.25, 0.3) is 0 Å². The van der Waals surface area contributed by atoms with Gasteiger partial charge in [0, 0.05) is 11.1 Å². The number of benzene rings is 2. The van der Waals surface area contributed by atoms with Crippen molar-refractivity contribution in [2.45, 2.75) is 0 Å². The molecule has 0 spiro atoms. The highest BCUT2D eigenvalue weighted by Gasteiger charge is 2.11.